The van der Waals surface area contributed by atoms with Gasteiger partial charge in [0, 0.05) is 24.4 Å². The molecule has 1 aliphatic heterocycles. The molecular weight excluding hydrogens is 372 g/mol. The second kappa shape index (κ2) is 9.05. The molecule has 2 N–H and O–H groups in total. The summed E-state index contributed by atoms with van der Waals surface area (Å²) in [4.78, 5) is 0. The van der Waals surface area contributed by atoms with E-state index in [9.17, 15) is 5.21 Å². The van der Waals surface area contributed by atoms with Crippen molar-refractivity contribution in [1.29, 1.82) is 0 Å². The summed E-state index contributed by atoms with van der Waals surface area (Å²) in [6.07, 6.45) is 0.594. The van der Waals surface area contributed by atoms with Crippen molar-refractivity contribution in [3.63, 3.8) is 0 Å². The monoisotopic (exact) mass is 400 g/mol. The van der Waals surface area contributed by atoms with Crippen LogP contribution in [-0.2, 0) is 0 Å². The van der Waals surface area contributed by atoms with Crippen molar-refractivity contribution in [2.45, 2.75) is 25.4 Å². The molecule has 7 heteroatoms. The van der Waals surface area contributed by atoms with Gasteiger partial charge in [-0.15, -0.1) is 0 Å². The first-order valence-electron chi connectivity index (χ1n) is 9.47. The summed E-state index contributed by atoms with van der Waals surface area (Å²) < 4.78 is 21.6. The molecule has 0 radical (unpaired) electrons. The fourth-order valence-corrected chi connectivity index (χ4v) is 3.85. The number of ether oxygens (including phenoxy) is 4. The third-order valence-corrected chi connectivity index (χ3v) is 5.52. The minimum atomic E-state index is -0.0625. The summed E-state index contributed by atoms with van der Waals surface area (Å²) >= 11 is 0. The maximum absolute atomic E-state index is 9.63. The Balaban J connectivity index is 1.97. The van der Waals surface area contributed by atoms with Crippen molar-refractivity contribution in [2.75, 3.05) is 28.4 Å². The van der Waals surface area contributed by atoms with Crippen LogP contribution >= 0.6 is 0 Å². The molecule has 0 bridgehead atoms. The first kappa shape index (κ1) is 20.8. The number of hydrogen-bond acceptors (Lipinski definition) is 7. The predicted octanol–water partition coefficient (Wildman–Crippen LogP) is 3.96. The Morgan fingerprint density at radius 2 is 1.34 bits per heavy atom. The number of methoxy groups -OCH3 is 4. The molecule has 1 fully saturated rings. The van der Waals surface area contributed by atoms with E-state index in [1.165, 1.54) is 0 Å². The number of nitrogens with zero attached hydrogens (tertiary/aromatic N) is 1. The van der Waals surface area contributed by atoms with Crippen LogP contribution in [0.3, 0.4) is 0 Å². The van der Waals surface area contributed by atoms with Gasteiger partial charge in [0.2, 0.25) is 0 Å². The normalized spacial score (nSPS) is 22.9. The van der Waals surface area contributed by atoms with Gasteiger partial charge in [-0.25, -0.2) is 0 Å². The van der Waals surface area contributed by atoms with Crippen molar-refractivity contribution in [3.8, 4) is 23.0 Å². The van der Waals surface area contributed by atoms with Crippen molar-refractivity contribution in [2.24, 2.45) is 11.1 Å². The lowest BCUT2D eigenvalue weighted by Crippen LogP contribution is -2.41. The van der Waals surface area contributed by atoms with E-state index in [1.807, 2.05) is 43.3 Å². The highest BCUT2D eigenvalue weighted by Crippen LogP contribution is 2.40. The van der Waals surface area contributed by atoms with E-state index >= 15 is 0 Å². The Kier molecular flexibility index (Phi) is 6.49. The van der Waals surface area contributed by atoms with Gasteiger partial charge in [0.05, 0.1) is 34.2 Å². The zero-order valence-corrected chi connectivity index (χ0v) is 17.4. The molecule has 0 aromatic heterocycles. The molecule has 1 aliphatic rings. The van der Waals surface area contributed by atoms with Crippen LogP contribution in [0.2, 0.25) is 0 Å². The van der Waals surface area contributed by atoms with Gasteiger partial charge in [-0.3, -0.25) is 0 Å². The Hall–Kier alpha value is -2.93. The van der Waals surface area contributed by atoms with E-state index in [-0.39, 0.29) is 18.0 Å². The zero-order valence-electron chi connectivity index (χ0n) is 17.4. The second-order valence-electron chi connectivity index (χ2n) is 7.01. The minimum Gasteiger partial charge on any atom is -0.493 e. The average molecular weight is 400 g/mol. The van der Waals surface area contributed by atoms with Crippen molar-refractivity contribution in [1.82, 2.24) is 5.32 Å². The van der Waals surface area contributed by atoms with Gasteiger partial charge in [-0.05, 0) is 35.4 Å². The van der Waals surface area contributed by atoms with Crippen molar-refractivity contribution in [3.05, 3.63) is 47.5 Å². The molecule has 0 saturated carbocycles. The first-order valence-corrected chi connectivity index (χ1v) is 9.47. The van der Waals surface area contributed by atoms with E-state index in [0.29, 0.717) is 29.4 Å². The standard InChI is InChI=1S/C22H28N2O5/c1-13-16(24-25)12-17(14-6-8-18(26-2)20(10-14)28-4)23-22(13)15-7-9-19(27-3)21(11-15)29-5/h6-11,13,17,22-23,25H,12H2,1-5H3/b24-16+/t13-,17-,22+/m0/s1. The van der Waals surface area contributed by atoms with Crippen LogP contribution < -0.4 is 24.3 Å². The number of piperidine rings is 1. The van der Waals surface area contributed by atoms with Gasteiger partial charge in [-0.2, -0.15) is 0 Å². The highest BCUT2D eigenvalue weighted by Gasteiger charge is 2.34. The van der Waals surface area contributed by atoms with Gasteiger partial charge in [-0.1, -0.05) is 24.2 Å². The van der Waals surface area contributed by atoms with Gasteiger partial charge in [0.15, 0.2) is 23.0 Å². The molecule has 29 heavy (non-hydrogen) atoms. The molecule has 7 nitrogen and oxygen atoms in total. The summed E-state index contributed by atoms with van der Waals surface area (Å²) in [7, 11) is 6.46. The lowest BCUT2D eigenvalue weighted by Gasteiger charge is -2.37. The molecule has 3 rings (SSSR count). The van der Waals surface area contributed by atoms with Crippen molar-refractivity contribution >= 4 is 5.71 Å². The summed E-state index contributed by atoms with van der Waals surface area (Å²) in [5.41, 5.74) is 2.80. The molecule has 0 spiro atoms. The molecule has 3 atom stereocenters. The van der Waals surface area contributed by atoms with Crippen molar-refractivity contribution < 1.29 is 24.2 Å². The third kappa shape index (κ3) is 4.10. The second-order valence-corrected chi connectivity index (χ2v) is 7.01. The Morgan fingerprint density at radius 1 is 0.828 bits per heavy atom. The summed E-state index contributed by atoms with van der Waals surface area (Å²) in [6.45, 7) is 2.05. The highest BCUT2D eigenvalue weighted by atomic mass is 16.5. The third-order valence-electron chi connectivity index (χ3n) is 5.52. The van der Waals surface area contributed by atoms with Crippen LogP contribution in [0.15, 0.2) is 41.6 Å². The quantitative estimate of drug-likeness (QED) is 0.564. The van der Waals surface area contributed by atoms with Crippen LogP contribution in [0, 0.1) is 5.92 Å². The Morgan fingerprint density at radius 3 is 1.86 bits per heavy atom. The van der Waals surface area contributed by atoms with Gasteiger partial charge < -0.3 is 29.5 Å². The molecule has 156 valence electrons. The first-order chi connectivity index (χ1) is 14.1. The highest BCUT2D eigenvalue weighted by molar-refractivity contribution is 5.88. The molecule has 1 heterocycles. The van der Waals surface area contributed by atoms with E-state index in [1.54, 1.807) is 28.4 Å². The average Bonchev–Trinajstić information content (AvgIpc) is 2.78. The van der Waals surface area contributed by atoms with Gasteiger partial charge >= 0.3 is 0 Å². The van der Waals surface area contributed by atoms with Crippen LogP contribution in [0.25, 0.3) is 0 Å². The fourth-order valence-electron chi connectivity index (χ4n) is 3.85. The van der Waals surface area contributed by atoms with Gasteiger partial charge in [0.25, 0.3) is 0 Å². The van der Waals surface area contributed by atoms with Gasteiger partial charge in [0.1, 0.15) is 0 Å². The number of rotatable bonds is 6. The maximum atomic E-state index is 9.63. The predicted molar refractivity (Wildman–Crippen MR) is 111 cm³/mol. The van der Waals surface area contributed by atoms with E-state index in [0.717, 1.165) is 16.8 Å². The molecule has 2 aromatic rings. The topological polar surface area (TPSA) is 81.5 Å². The number of nitrogens with one attached hydrogen (secondary N) is 1. The molecule has 0 unspecified atom stereocenters. The zero-order chi connectivity index (χ0) is 21.0. The van der Waals surface area contributed by atoms with E-state index < -0.39 is 0 Å². The fraction of sp³-hybridized carbons (Fsp3) is 0.409. The van der Waals surface area contributed by atoms with Crippen LogP contribution in [0.1, 0.15) is 36.6 Å². The molecular formula is C22H28N2O5. The molecule has 2 aromatic carbocycles. The van der Waals surface area contributed by atoms with E-state index in [2.05, 4.69) is 10.5 Å². The lowest BCUT2D eigenvalue weighted by atomic mass is 9.81. The summed E-state index contributed by atoms with van der Waals surface area (Å²) in [5.74, 6) is 2.68. The van der Waals surface area contributed by atoms with E-state index in [4.69, 9.17) is 18.9 Å². The smallest absolute Gasteiger partial charge is 0.161 e. The van der Waals surface area contributed by atoms with Crippen LogP contribution in [-0.4, -0.2) is 39.4 Å². The molecule has 0 aliphatic carbocycles. The minimum absolute atomic E-state index is 0.00879. The summed E-state index contributed by atoms with van der Waals surface area (Å²) in [5, 5.41) is 16.9. The molecule has 1 saturated heterocycles. The number of oxime groups is 1. The Bertz CT molecular complexity index is 884. The maximum Gasteiger partial charge on any atom is 0.161 e. The largest absolute Gasteiger partial charge is 0.493 e. The summed E-state index contributed by atoms with van der Waals surface area (Å²) in [6, 6.07) is 11.6. The SMILES string of the molecule is COc1ccc([C@@H]2C/C(=N\O)[C@H](C)[C@H](c3ccc(OC)c(OC)c3)N2)cc1OC. The van der Waals surface area contributed by atoms with Crippen LogP contribution in [0.4, 0.5) is 0 Å². The lowest BCUT2D eigenvalue weighted by molar-refractivity contribution is 0.293. The van der Waals surface area contributed by atoms with Crippen LogP contribution in [0.5, 0.6) is 23.0 Å². The number of benzene rings is 2. The number of hydrogen-bond donors (Lipinski definition) is 2. The molecule has 0 amide bonds. The Labute approximate surface area is 171 Å².